The first-order valence-corrected chi connectivity index (χ1v) is 15.0. The number of nitrogens with zero attached hydrogens (tertiary/aromatic N) is 3. The second-order valence-corrected chi connectivity index (χ2v) is 11.7. The van der Waals surface area contributed by atoms with Crippen LogP contribution in [0.3, 0.4) is 0 Å². The fourth-order valence-corrected chi connectivity index (χ4v) is 6.60. The molecular weight excluding hydrogens is 529 g/mol. The number of thiocarbonyl (C=S) groups is 1. The van der Waals surface area contributed by atoms with Gasteiger partial charge in [-0.05, 0) is 56.1 Å². The van der Waals surface area contributed by atoms with Crippen molar-refractivity contribution in [2.75, 3.05) is 42.5 Å². The molecule has 0 radical (unpaired) electrons. The van der Waals surface area contributed by atoms with Crippen molar-refractivity contribution in [2.45, 2.75) is 32.7 Å². The monoisotopic (exact) mass is 565 g/mol. The second-order valence-electron chi connectivity index (χ2n) is 11.3. The fourth-order valence-electron chi connectivity index (χ4n) is 6.24. The number of halogens is 1. The van der Waals surface area contributed by atoms with Crippen LogP contribution in [0.15, 0.2) is 90.5 Å². The number of carbonyl (C=O) groups excluding carboxylic acids is 1. The number of benzene rings is 3. The molecule has 210 valence electrons. The number of unbranched alkanes of at least 4 members (excludes halogenated alkanes) is 1. The van der Waals surface area contributed by atoms with Gasteiger partial charge in [-0.25, -0.2) is 4.39 Å². The lowest BCUT2D eigenvalue weighted by molar-refractivity contribution is 0.0977. The Labute approximate surface area is 247 Å². The van der Waals surface area contributed by atoms with Crippen molar-refractivity contribution in [3.05, 3.63) is 113 Å². The molecule has 1 saturated heterocycles. The number of Topliss-reactive ketones (excluding diaryl/α,β-unsaturated/α-hetero) is 1. The van der Waals surface area contributed by atoms with Crippen LogP contribution in [0.2, 0.25) is 0 Å². The molecule has 2 heterocycles. The standard InChI is InChI=1S/C35H36FN3OS/c1-25-21-30-29-15-14-26(23-33(29)39(35(41)31(30)22-25)24-27-9-5-6-12-32(27)36)34(40)13-7-8-16-37-17-19-38(20-18-37)28-10-3-2-4-11-28/h2-6,9-12,14-15,21-23,31H,7-8,13,16-20,24H2,1H3. The predicted octanol–water partition coefficient (Wildman–Crippen LogP) is 7.31. The van der Waals surface area contributed by atoms with Crippen molar-refractivity contribution in [3.63, 3.8) is 0 Å². The van der Waals surface area contributed by atoms with Crippen LogP contribution >= 0.6 is 12.2 Å². The number of carbonyl (C=O) groups is 1. The third-order valence-electron chi connectivity index (χ3n) is 8.51. The van der Waals surface area contributed by atoms with Gasteiger partial charge in [0, 0.05) is 55.0 Å². The number of hydrogen-bond donors (Lipinski definition) is 0. The van der Waals surface area contributed by atoms with Gasteiger partial charge >= 0.3 is 0 Å². The van der Waals surface area contributed by atoms with Crippen LogP contribution in [-0.4, -0.2) is 48.4 Å². The van der Waals surface area contributed by atoms with Gasteiger partial charge in [-0.1, -0.05) is 78.5 Å². The summed E-state index contributed by atoms with van der Waals surface area (Å²) >= 11 is 5.95. The Bertz CT molecular complexity index is 1510. The first kappa shape index (κ1) is 27.6. The number of para-hydroxylation sites is 1. The van der Waals surface area contributed by atoms with E-state index in [1.807, 2.05) is 23.1 Å². The number of rotatable bonds is 9. The highest BCUT2D eigenvalue weighted by molar-refractivity contribution is 7.80. The largest absolute Gasteiger partial charge is 0.369 e. The van der Waals surface area contributed by atoms with E-state index in [-0.39, 0.29) is 17.5 Å². The van der Waals surface area contributed by atoms with Crippen molar-refractivity contribution in [3.8, 4) is 0 Å². The van der Waals surface area contributed by atoms with Crippen LogP contribution in [0.1, 0.15) is 47.7 Å². The van der Waals surface area contributed by atoms with Crippen molar-refractivity contribution in [1.82, 2.24) is 4.90 Å². The number of ketones is 1. The van der Waals surface area contributed by atoms with Crippen molar-refractivity contribution in [1.29, 1.82) is 0 Å². The predicted molar refractivity (Wildman–Crippen MR) is 170 cm³/mol. The Morgan fingerprint density at radius 1 is 0.951 bits per heavy atom. The molecule has 3 aromatic carbocycles. The molecule has 0 bridgehead atoms. The molecule has 1 atom stereocenters. The highest BCUT2D eigenvalue weighted by Crippen LogP contribution is 2.45. The summed E-state index contributed by atoms with van der Waals surface area (Å²) < 4.78 is 14.6. The van der Waals surface area contributed by atoms with Crippen molar-refractivity contribution in [2.24, 2.45) is 5.92 Å². The van der Waals surface area contributed by atoms with E-state index in [1.54, 1.807) is 12.1 Å². The molecule has 3 aromatic rings. The van der Waals surface area contributed by atoms with E-state index in [4.69, 9.17) is 12.2 Å². The summed E-state index contributed by atoms with van der Waals surface area (Å²) in [5.41, 5.74) is 6.88. The maximum Gasteiger partial charge on any atom is 0.162 e. The van der Waals surface area contributed by atoms with Crippen LogP contribution in [0.25, 0.3) is 5.57 Å². The minimum atomic E-state index is -0.245. The van der Waals surface area contributed by atoms with E-state index < -0.39 is 0 Å². The zero-order valence-electron chi connectivity index (χ0n) is 23.6. The number of anilines is 2. The third-order valence-corrected chi connectivity index (χ3v) is 8.98. The Morgan fingerprint density at radius 3 is 2.49 bits per heavy atom. The molecule has 1 aliphatic carbocycles. The van der Waals surface area contributed by atoms with Gasteiger partial charge in [-0.2, -0.15) is 0 Å². The third kappa shape index (κ3) is 5.90. The summed E-state index contributed by atoms with van der Waals surface area (Å²) in [6.45, 7) is 7.62. The Kier molecular flexibility index (Phi) is 8.13. The van der Waals surface area contributed by atoms with Crippen molar-refractivity contribution < 1.29 is 9.18 Å². The van der Waals surface area contributed by atoms with E-state index in [0.29, 0.717) is 24.1 Å². The second kappa shape index (κ2) is 12.1. The lowest BCUT2D eigenvalue weighted by atomic mass is 9.87. The van der Waals surface area contributed by atoms with Gasteiger partial charge in [-0.3, -0.25) is 9.69 Å². The van der Waals surface area contributed by atoms with Gasteiger partial charge in [0.15, 0.2) is 5.78 Å². The number of fused-ring (bicyclic) bond motifs is 3. The number of hydrogen-bond acceptors (Lipinski definition) is 4. The van der Waals surface area contributed by atoms with Crippen molar-refractivity contribution >= 4 is 39.9 Å². The highest BCUT2D eigenvalue weighted by atomic mass is 32.1. The van der Waals surface area contributed by atoms with E-state index in [1.165, 1.54) is 22.9 Å². The summed E-state index contributed by atoms with van der Waals surface area (Å²) in [4.78, 5) is 21.0. The highest BCUT2D eigenvalue weighted by Gasteiger charge is 2.35. The first-order valence-electron chi connectivity index (χ1n) is 14.6. The van der Waals surface area contributed by atoms with Crippen LogP contribution in [-0.2, 0) is 6.54 Å². The average Bonchev–Trinajstić information content (AvgIpc) is 3.40. The van der Waals surface area contributed by atoms with Crippen LogP contribution in [0, 0.1) is 11.7 Å². The molecule has 6 rings (SSSR count). The van der Waals surface area contributed by atoms with Gasteiger partial charge in [0.1, 0.15) is 5.82 Å². The van der Waals surface area contributed by atoms with Gasteiger partial charge in [-0.15, -0.1) is 0 Å². The molecule has 41 heavy (non-hydrogen) atoms. The maximum absolute atomic E-state index is 14.6. The van der Waals surface area contributed by atoms with Gasteiger partial charge in [0.2, 0.25) is 0 Å². The molecule has 0 N–H and O–H groups in total. The Hall–Kier alpha value is -3.61. The summed E-state index contributed by atoms with van der Waals surface area (Å²) in [7, 11) is 0. The summed E-state index contributed by atoms with van der Waals surface area (Å²) in [5.74, 6) is -0.0966. The zero-order chi connectivity index (χ0) is 28.3. The minimum Gasteiger partial charge on any atom is -0.369 e. The van der Waals surface area contributed by atoms with Gasteiger partial charge in [0.25, 0.3) is 0 Å². The first-order chi connectivity index (χ1) is 20.0. The lowest BCUT2D eigenvalue weighted by Gasteiger charge is -2.37. The molecule has 0 spiro atoms. The van der Waals surface area contributed by atoms with Gasteiger partial charge in [0.05, 0.1) is 23.1 Å². The molecule has 1 fully saturated rings. The average molecular weight is 566 g/mol. The fraction of sp³-hybridized carbons (Fsp3) is 0.314. The SMILES string of the molecule is CC1=CC2C(=S)N(Cc3ccccc3F)c3cc(C(=O)CCCCN4CCN(c5ccccc5)CC4)ccc3C2=C1. The van der Waals surface area contributed by atoms with E-state index in [9.17, 15) is 9.18 Å². The molecule has 0 saturated carbocycles. The normalized spacial score (nSPS) is 18.6. The van der Waals surface area contributed by atoms with E-state index in [2.05, 4.69) is 65.3 Å². The van der Waals surface area contributed by atoms with Crippen LogP contribution < -0.4 is 9.80 Å². The summed E-state index contributed by atoms with van der Waals surface area (Å²) in [6.07, 6.45) is 6.74. The molecule has 0 amide bonds. The van der Waals surface area contributed by atoms with E-state index >= 15 is 0 Å². The molecule has 4 nitrogen and oxygen atoms in total. The Balaban J connectivity index is 1.09. The molecule has 3 aliphatic rings. The molecular formula is C35H36FN3OS. The molecule has 6 heteroatoms. The topological polar surface area (TPSA) is 26.8 Å². The number of piperazine rings is 1. The van der Waals surface area contributed by atoms with Crippen LogP contribution in [0.5, 0.6) is 0 Å². The molecule has 2 aliphatic heterocycles. The van der Waals surface area contributed by atoms with Crippen LogP contribution in [0.4, 0.5) is 15.8 Å². The smallest absolute Gasteiger partial charge is 0.162 e. The number of allylic oxidation sites excluding steroid dienone is 2. The lowest BCUT2D eigenvalue weighted by Crippen LogP contribution is -2.46. The minimum absolute atomic E-state index is 0.000356. The Morgan fingerprint density at radius 2 is 1.71 bits per heavy atom. The zero-order valence-corrected chi connectivity index (χ0v) is 24.4. The summed E-state index contributed by atoms with van der Waals surface area (Å²) in [5, 5.41) is 0. The molecule has 1 unspecified atom stereocenters. The van der Waals surface area contributed by atoms with Gasteiger partial charge < -0.3 is 9.80 Å². The summed E-state index contributed by atoms with van der Waals surface area (Å²) in [6, 6.07) is 23.4. The van der Waals surface area contributed by atoms with E-state index in [0.717, 1.165) is 61.8 Å². The molecule has 0 aromatic heterocycles. The maximum atomic E-state index is 14.6. The quantitative estimate of drug-likeness (QED) is 0.154.